The first kappa shape index (κ1) is 15.1. The highest BCUT2D eigenvalue weighted by Crippen LogP contribution is 2.31. The highest BCUT2D eigenvalue weighted by molar-refractivity contribution is 9.10. The van der Waals surface area contributed by atoms with Crippen LogP contribution in [0.25, 0.3) is 0 Å². The van der Waals surface area contributed by atoms with Gasteiger partial charge in [0.15, 0.2) is 5.12 Å². The lowest BCUT2D eigenvalue weighted by molar-refractivity contribution is -0.137. The van der Waals surface area contributed by atoms with Crippen molar-refractivity contribution in [2.24, 2.45) is 0 Å². The molecule has 1 rings (SSSR count). The predicted molar refractivity (Wildman–Crippen MR) is 69.2 cm³/mol. The molecule has 0 N–H and O–H groups in total. The molecule has 0 bridgehead atoms. The molecule has 0 radical (unpaired) electrons. The van der Waals surface area contributed by atoms with E-state index < -0.39 is 11.7 Å². The highest BCUT2D eigenvalue weighted by atomic mass is 79.9. The van der Waals surface area contributed by atoms with Gasteiger partial charge in [-0.05, 0) is 34.1 Å². The zero-order valence-electron chi connectivity index (χ0n) is 9.27. The van der Waals surface area contributed by atoms with Crippen LogP contribution in [0.3, 0.4) is 0 Å². The lowest BCUT2D eigenvalue weighted by atomic mass is 10.1. The van der Waals surface area contributed by atoms with Gasteiger partial charge in [-0.25, -0.2) is 0 Å². The normalized spacial score (nSPS) is 10.7. The van der Waals surface area contributed by atoms with Gasteiger partial charge in [-0.2, -0.15) is 13.2 Å². The Kier molecular flexibility index (Phi) is 5.29. The molecule has 1 aromatic rings. The molecule has 18 heavy (non-hydrogen) atoms. The Morgan fingerprint density at radius 3 is 2.61 bits per heavy atom. The number of rotatable bonds is 1. The van der Waals surface area contributed by atoms with Gasteiger partial charge in [-0.1, -0.05) is 23.6 Å². The first-order valence-electron chi connectivity index (χ1n) is 4.79. The molecule has 0 saturated carbocycles. The summed E-state index contributed by atoms with van der Waals surface area (Å²) in [5.74, 6) is 5.74. The van der Waals surface area contributed by atoms with Crippen LogP contribution in [0.5, 0.6) is 0 Å². The van der Waals surface area contributed by atoms with Gasteiger partial charge in [-0.3, -0.25) is 4.79 Å². The number of halogens is 4. The van der Waals surface area contributed by atoms with Crippen molar-refractivity contribution in [1.82, 2.24) is 0 Å². The van der Waals surface area contributed by atoms with Crippen molar-refractivity contribution in [3.8, 4) is 11.8 Å². The molecule has 0 atom stereocenters. The number of benzene rings is 1. The first-order valence-corrected chi connectivity index (χ1v) is 6.57. The molecule has 1 aromatic carbocycles. The van der Waals surface area contributed by atoms with E-state index in [1.165, 1.54) is 13.0 Å². The maximum absolute atomic E-state index is 12.4. The molecule has 0 saturated heterocycles. The number of thioether (sulfide) groups is 1. The van der Waals surface area contributed by atoms with Crippen molar-refractivity contribution in [1.29, 1.82) is 0 Å². The van der Waals surface area contributed by atoms with E-state index in [-0.39, 0.29) is 9.59 Å². The monoisotopic (exact) mass is 336 g/mol. The molecular formula is C12H8BrF3OS. The van der Waals surface area contributed by atoms with Crippen molar-refractivity contribution >= 4 is 32.8 Å². The summed E-state index contributed by atoms with van der Waals surface area (Å²) in [6.45, 7) is 1.43. The second-order valence-corrected chi connectivity index (χ2v) is 5.28. The van der Waals surface area contributed by atoms with Crippen LogP contribution in [0.4, 0.5) is 13.2 Å². The first-order chi connectivity index (χ1) is 8.30. The molecule has 0 heterocycles. The molecule has 0 amide bonds. The van der Waals surface area contributed by atoms with Gasteiger partial charge >= 0.3 is 6.18 Å². The Bertz CT molecular complexity index is 514. The van der Waals surface area contributed by atoms with Crippen LogP contribution >= 0.6 is 27.7 Å². The molecule has 96 valence electrons. The van der Waals surface area contributed by atoms with E-state index in [9.17, 15) is 18.0 Å². The van der Waals surface area contributed by atoms with Gasteiger partial charge in [0, 0.05) is 17.0 Å². The smallest absolute Gasteiger partial charge is 0.288 e. The van der Waals surface area contributed by atoms with E-state index in [2.05, 4.69) is 27.8 Å². The molecule has 0 spiro atoms. The standard InChI is InChI=1S/C12H8BrF3OS/c1-8(17)18-6-2-3-9-4-5-10(7-11(9)13)12(14,15)16/h4-5,7H,6H2,1H3. The van der Waals surface area contributed by atoms with Gasteiger partial charge in [0.25, 0.3) is 0 Å². The van der Waals surface area contributed by atoms with Crippen LogP contribution in [0, 0.1) is 11.8 Å². The Balaban J connectivity index is 2.83. The third kappa shape index (κ3) is 4.75. The molecule has 0 fully saturated rings. The van der Waals surface area contributed by atoms with Crippen LogP contribution in [-0.4, -0.2) is 10.9 Å². The van der Waals surface area contributed by atoms with Crippen molar-refractivity contribution < 1.29 is 18.0 Å². The summed E-state index contributed by atoms with van der Waals surface area (Å²) in [5, 5.41) is -0.0456. The zero-order chi connectivity index (χ0) is 13.8. The minimum absolute atomic E-state index is 0.0456. The predicted octanol–water partition coefficient (Wildman–Crippen LogP) is 4.10. The van der Waals surface area contributed by atoms with E-state index in [0.29, 0.717) is 11.3 Å². The minimum Gasteiger partial charge on any atom is -0.288 e. The van der Waals surface area contributed by atoms with Gasteiger partial charge in [0.05, 0.1) is 11.3 Å². The lowest BCUT2D eigenvalue weighted by Crippen LogP contribution is -2.04. The van der Waals surface area contributed by atoms with E-state index in [1.807, 2.05) is 0 Å². The molecule has 0 aliphatic rings. The third-order valence-corrected chi connectivity index (χ3v) is 3.22. The average molecular weight is 337 g/mol. The Morgan fingerprint density at radius 2 is 2.11 bits per heavy atom. The minimum atomic E-state index is -4.36. The number of hydrogen-bond acceptors (Lipinski definition) is 2. The van der Waals surface area contributed by atoms with Crippen LogP contribution in [-0.2, 0) is 11.0 Å². The highest BCUT2D eigenvalue weighted by Gasteiger charge is 2.30. The van der Waals surface area contributed by atoms with Crippen molar-refractivity contribution in [3.63, 3.8) is 0 Å². The van der Waals surface area contributed by atoms with E-state index in [4.69, 9.17) is 0 Å². The number of alkyl halides is 3. The van der Waals surface area contributed by atoms with Crippen molar-refractivity contribution in [2.45, 2.75) is 13.1 Å². The Morgan fingerprint density at radius 1 is 1.44 bits per heavy atom. The van der Waals surface area contributed by atoms with Crippen LogP contribution in [0.1, 0.15) is 18.1 Å². The lowest BCUT2D eigenvalue weighted by Gasteiger charge is -2.07. The van der Waals surface area contributed by atoms with Crippen LogP contribution in [0.2, 0.25) is 0 Å². The van der Waals surface area contributed by atoms with E-state index in [1.54, 1.807) is 0 Å². The summed E-state index contributed by atoms with van der Waals surface area (Å²) in [6, 6.07) is 3.27. The van der Waals surface area contributed by atoms with Gasteiger partial charge < -0.3 is 0 Å². The maximum atomic E-state index is 12.4. The second-order valence-electron chi connectivity index (χ2n) is 3.27. The summed E-state index contributed by atoms with van der Waals surface area (Å²) in [4.78, 5) is 10.6. The fourth-order valence-corrected chi connectivity index (χ4v) is 1.89. The number of carbonyl (C=O) groups excluding carboxylic acids is 1. The quantitative estimate of drug-likeness (QED) is 0.718. The third-order valence-electron chi connectivity index (χ3n) is 1.87. The van der Waals surface area contributed by atoms with Crippen LogP contribution < -0.4 is 0 Å². The zero-order valence-corrected chi connectivity index (χ0v) is 11.7. The summed E-state index contributed by atoms with van der Waals surface area (Å²) in [7, 11) is 0. The van der Waals surface area contributed by atoms with Gasteiger partial charge in [0.1, 0.15) is 0 Å². The average Bonchev–Trinajstić information content (AvgIpc) is 2.24. The number of hydrogen-bond donors (Lipinski definition) is 0. The summed E-state index contributed by atoms with van der Waals surface area (Å²) in [5.41, 5.74) is -0.259. The fourth-order valence-electron chi connectivity index (χ4n) is 1.06. The molecule has 0 aliphatic heterocycles. The molecular weight excluding hydrogens is 329 g/mol. The van der Waals surface area contributed by atoms with Crippen molar-refractivity contribution in [3.05, 3.63) is 33.8 Å². The second kappa shape index (κ2) is 6.30. The Hall–Kier alpha value is -0.930. The van der Waals surface area contributed by atoms with Crippen molar-refractivity contribution in [2.75, 3.05) is 5.75 Å². The van der Waals surface area contributed by atoms with Gasteiger partial charge in [-0.15, -0.1) is 0 Å². The summed E-state index contributed by atoms with van der Waals surface area (Å²) in [6.07, 6.45) is -4.36. The summed E-state index contributed by atoms with van der Waals surface area (Å²) >= 11 is 4.10. The Labute approximate surface area is 115 Å². The topological polar surface area (TPSA) is 17.1 Å². The van der Waals surface area contributed by atoms with Crippen LogP contribution in [0.15, 0.2) is 22.7 Å². The fraction of sp³-hybridized carbons (Fsp3) is 0.250. The molecule has 0 unspecified atom stereocenters. The largest absolute Gasteiger partial charge is 0.416 e. The van der Waals surface area contributed by atoms with E-state index >= 15 is 0 Å². The molecule has 6 heteroatoms. The molecule has 0 aromatic heterocycles. The van der Waals surface area contributed by atoms with Gasteiger partial charge in [0.2, 0.25) is 0 Å². The molecule has 0 aliphatic carbocycles. The maximum Gasteiger partial charge on any atom is 0.416 e. The number of carbonyl (C=O) groups is 1. The SMILES string of the molecule is CC(=O)SCC#Cc1ccc(C(F)(F)F)cc1Br. The summed E-state index contributed by atoms with van der Waals surface area (Å²) < 4.78 is 37.5. The molecule has 1 nitrogen and oxygen atoms in total. The van der Waals surface area contributed by atoms with E-state index in [0.717, 1.165) is 23.9 Å².